The standard InChI is InChI=1S/C13H17N5O/c1-2-11(19-7-1)8-15-12-9-17-13(10-16-12)18-5-3-14-4-6-18/h1-2,7,9-10,14H,3-6,8H2,(H,15,16). The fourth-order valence-electron chi connectivity index (χ4n) is 2.06. The van der Waals surface area contributed by atoms with Crippen LogP contribution >= 0.6 is 0 Å². The minimum absolute atomic E-state index is 0.620. The molecule has 19 heavy (non-hydrogen) atoms. The first kappa shape index (κ1) is 12.0. The summed E-state index contributed by atoms with van der Waals surface area (Å²) in [6.07, 6.45) is 5.24. The molecule has 0 radical (unpaired) electrons. The number of piperazine rings is 1. The number of hydrogen-bond acceptors (Lipinski definition) is 6. The van der Waals surface area contributed by atoms with Crippen molar-refractivity contribution < 1.29 is 4.42 Å². The maximum atomic E-state index is 5.25. The van der Waals surface area contributed by atoms with Crippen LogP contribution in [0, 0.1) is 0 Å². The van der Waals surface area contributed by atoms with E-state index in [1.165, 1.54) is 0 Å². The fourth-order valence-corrected chi connectivity index (χ4v) is 2.06. The molecule has 2 N–H and O–H groups in total. The highest BCUT2D eigenvalue weighted by Gasteiger charge is 2.11. The van der Waals surface area contributed by atoms with Crippen LogP contribution in [0.5, 0.6) is 0 Å². The van der Waals surface area contributed by atoms with Crippen LogP contribution in [0.2, 0.25) is 0 Å². The van der Waals surface area contributed by atoms with Crippen molar-refractivity contribution in [2.45, 2.75) is 6.54 Å². The molecule has 2 aromatic rings. The largest absolute Gasteiger partial charge is 0.467 e. The predicted molar refractivity (Wildman–Crippen MR) is 73.1 cm³/mol. The zero-order valence-corrected chi connectivity index (χ0v) is 10.7. The van der Waals surface area contributed by atoms with Crippen LogP contribution in [0.15, 0.2) is 35.2 Å². The minimum atomic E-state index is 0.620. The van der Waals surface area contributed by atoms with Gasteiger partial charge in [0.1, 0.15) is 17.4 Å². The molecule has 100 valence electrons. The molecular formula is C13H17N5O. The van der Waals surface area contributed by atoms with Gasteiger partial charge < -0.3 is 20.0 Å². The molecule has 6 nitrogen and oxygen atoms in total. The number of nitrogens with one attached hydrogen (secondary N) is 2. The molecule has 0 spiro atoms. The average Bonchev–Trinajstić information content (AvgIpc) is 3.00. The van der Waals surface area contributed by atoms with E-state index in [1.54, 1.807) is 12.5 Å². The average molecular weight is 259 g/mol. The van der Waals surface area contributed by atoms with Gasteiger partial charge in [-0.25, -0.2) is 9.97 Å². The van der Waals surface area contributed by atoms with Gasteiger partial charge in [-0.1, -0.05) is 0 Å². The van der Waals surface area contributed by atoms with Crippen LogP contribution in [0.3, 0.4) is 0 Å². The molecule has 0 atom stereocenters. The second kappa shape index (κ2) is 5.71. The quantitative estimate of drug-likeness (QED) is 0.857. The second-order valence-electron chi connectivity index (χ2n) is 4.43. The number of furan rings is 1. The summed E-state index contributed by atoms with van der Waals surface area (Å²) in [4.78, 5) is 11.1. The Morgan fingerprint density at radius 1 is 1.26 bits per heavy atom. The summed E-state index contributed by atoms with van der Waals surface area (Å²) < 4.78 is 5.25. The van der Waals surface area contributed by atoms with E-state index < -0.39 is 0 Å². The minimum Gasteiger partial charge on any atom is -0.467 e. The van der Waals surface area contributed by atoms with E-state index in [4.69, 9.17) is 4.42 Å². The Hall–Kier alpha value is -2.08. The number of anilines is 2. The lowest BCUT2D eigenvalue weighted by atomic mass is 10.3. The van der Waals surface area contributed by atoms with Gasteiger partial charge in [0.25, 0.3) is 0 Å². The van der Waals surface area contributed by atoms with Gasteiger partial charge in [0, 0.05) is 26.2 Å². The number of aromatic nitrogens is 2. The molecule has 3 rings (SSSR count). The van der Waals surface area contributed by atoms with Crippen molar-refractivity contribution in [1.29, 1.82) is 0 Å². The van der Waals surface area contributed by atoms with E-state index in [9.17, 15) is 0 Å². The van der Waals surface area contributed by atoms with Crippen LogP contribution in [0.25, 0.3) is 0 Å². The van der Waals surface area contributed by atoms with E-state index in [2.05, 4.69) is 25.5 Å². The third-order valence-electron chi connectivity index (χ3n) is 3.10. The topological polar surface area (TPSA) is 66.2 Å². The van der Waals surface area contributed by atoms with Crippen LogP contribution in [-0.2, 0) is 6.54 Å². The second-order valence-corrected chi connectivity index (χ2v) is 4.43. The van der Waals surface area contributed by atoms with E-state index in [0.29, 0.717) is 6.54 Å². The predicted octanol–water partition coefficient (Wildman–Crippen LogP) is 1.09. The van der Waals surface area contributed by atoms with Gasteiger partial charge >= 0.3 is 0 Å². The molecule has 0 bridgehead atoms. The Labute approximate surface area is 111 Å². The molecule has 2 aromatic heterocycles. The first-order valence-electron chi connectivity index (χ1n) is 6.46. The van der Waals surface area contributed by atoms with Crippen LogP contribution in [0.1, 0.15) is 5.76 Å². The van der Waals surface area contributed by atoms with Crippen LogP contribution in [-0.4, -0.2) is 36.1 Å². The fraction of sp³-hybridized carbons (Fsp3) is 0.385. The summed E-state index contributed by atoms with van der Waals surface area (Å²) in [5.74, 6) is 2.58. The molecular weight excluding hydrogens is 242 g/mol. The summed E-state index contributed by atoms with van der Waals surface area (Å²) in [5, 5.41) is 6.50. The molecule has 0 unspecified atom stereocenters. The summed E-state index contributed by atoms with van der Waals surface area (Å²) >= 11 is 0. The third-order valence-corrected chi connectivity index (χ3v) is 3.10. The van der Waals surface area contributed by atoms with Gasteiger partial charge in [0.2, 0.25) is 0 Å². The van der Waals surface area contributed by atoms with Crippen molar-refractivity contribution in [2.24, 2.45) is 0 Å². The van der Waals surface area contributed by atoms with Gasteiger partial charge in [-0.3, -0.25) is 0 Å². The first-order valence-corrected chi connectivity index (χ1v) is 6.46. The molecule has 1 aliphatic heterocycles. The molecule has 6 heteroatoms. The summed E-state index contributed by atoms with van der Waals surface area (Å²) in [6, 6.07) is 3.80. The lowest BCUT2D eigenvalue weighted by molar-refractivity contribution is 0.517. The summed E-state index contributed by atoms with van der Waals surface area (Å²) in [5.41, 5.74) is 0. The number of hydrogen-bond donors (Lipinski definition) is 2. The highest BCUT2D eigenvalue weighted by atomic mass is 16.3. The van der Waals surface area contributed by atoms with Gasteiger partial charge in [0.15, 0.2) is 0 Å². The third kappa shape index (κ3) is 3.03. The van der Waals surface area contributed by atoms with Crippen molar-refractivity contribution in [2.75, 3.05) is 36.4 Å². The zero-order chi connectivity index (χ0) is 12.9. The zero-order valence-electron chi connectivity index (χ0n) is 10.7. The lowest BCUT2D eigenvalue weighted by Crippen LogP contribution is -2.43. The van der Waals surface area contributed by atoms with Crippen LogP contribution < -0.4 is 15.5 Å². The number of nitrogens with zero attached hydrogens (tertiary/aromatic N) is 3. The molecule has 0 aromatic carbocycles. The van der Waals surface area contributed by atoms with Crippen molar-refractivity contribution >= 4 is 11.6 Å². The van der Waals surface area contributed by atoms with Crippen molar-refractivity contribution in [1.82, 2.24) is 15.3 Å². The molecule has 3 heterocycles. The Morgan fingerprint density at radius 2 is 2.16 bits per heavy atom. The Bertz CT molecular complexity index is 490. The summed E-state index contributed by atoms with van der Waals surface area (Å²) in [6.45, 7) is 4.58. The van der Waals surface area contributed by atoms with Crippen LogP contribution in [0.4, 0.5) is 11.6 Å². The maximum Gasteiger partial charge on any atom is 0.147 e. The highest BCUT2D eigenvalue weighted by molar-refractivity contribution is 5.41. The van der Waals surface area contributed by atoms with Gasteiger partial charge in [-0.05, 0) is 12.1 Å². The monoisotopic (exact) mass is 259 g/mol. The van der Waals surface area contributed by atoms with Gasteiger partial charge in [-0.15, -0.1) is 0 Å². The maximum absolute atomic E-state index is 5.25. The molecule has 0 aliphatic carbocycles. The first-order chi connectivity index (χ1) is 9.42. The van der Waals surface area contributed by atoms with E-state index in [-0.39, 0.29) is 0 Å². The molecule has 0 saturated carbocycles. The normalized spacial score (nSPS) is 15.5. The Kier molecular flexibility index (Phi) is 3.60. The lowest BCUT2D eigenvalue weighted by Gasteiger charge is -2.28. The molecule has 1 aliphatic rings. The van der Waals surface area contributed by atoms with Crippen molar-refractivity contribution in [3.63, 3.8) is 0 Å². The van der Waals surface area contributed by atoms with Crippen molar-refractivity contribution in [3.8, 4) is 0 Å². The molecule has 0 amide bonds. The molecule has 1 fully saturated rings. The smallest absolute Gasteiger partial charge is 0.147 e. The summed E-state index contributed by atoms with van der Waals surface area (Å²) in [7, 11) is 0. The van der Waals surface area contributed by atoms with Gasteiger partial charge in [0.05, 0.1) is 25.2 Å². The van der Waals surface area contributed by atoms with Crippen molar-refractivity contribution in [3.05, 3.63) is 36.5 Å². The van der Waals surface area contributed by atoms with Gasteiger partial charge in [-0.2, -0.15) is 0 Å². The van der Waals surface area contributed by atoms with E-state index in [1.807, 2.05) is 18.3 Å². The Balaban J connectivity index is 1.58. The Morgan fingerprint density at radius 3 is 2.84 bits per heavy atom. The SMILES string of the molecule is c1coc(CNc2cnc(N3CCNCC3)cn2)c1. The molecule has 1 saturated heterocycles. The highest BCUT2D eigenvalue weighted by Crippen LogP contribution is 2.12. The van der Waals surface area contributed by atoms with E-state index >= 15 is 0 Å². The van der Waals surface area contributed by atoms with E-state index in [0.717, 1.165) is 43.6 Å². The number of rotatable bonds is 4.